The number of ether oxygens (including phenoxy) is 1. The van der Waals surface area contributed by atoms with Gasteiger partial charge in [-0.2, -0.15) is 13.2 Å². The number of halogens is 4. The number of rotatable bonds is 9. The largest absolute Gasteiger partial charge is 0.390 e. The van der Waals surface area contributed by atoms with E-state index in [1.807, 2.05) is 6.92 Å². The van der Waals surface area contributed by atoms with Crippen LogP contribution in [-0.2, 0) is 21.3 Å². The molecule has 0 saturated carbocycles. The summed E-state index contributed by atoms with van der Waals surface area (Å²) in [6.45, 7) is 3.13. The van der Waals surface area contributed by atoms with E-state index in [4.69, 9.17) is 4.74 Å². The smallest absolute Gasteiger partial charge is 0.377 e. The van der Waals surface area contributed by atoms with E-state index < -0.39 is 22.6 Å². The van der Waals surface area contributed by atoms with Crippen molar-refractivity contribution in [3.63, 3.8) is 0 Å². The molecule has 0 bridgehead atoms. The van der Waals surface area contributed by atoms with Gasteiger partial charge in [0, 0.05) is 26.2 Å². The quantitative estimate of drug-likeness (QED) is 0.244. The first kappa shape index (κ1) is 26.9. The zero-order valence-electron chi connectivity index (χ0n) is 16.7. The first-order valence-electron chi connectivity index (χ1n) is 9.49. The number of sulfonamides is 1. The van der Waals surface area contributed by atoms with Gasteiger partial charge in [-0.1, -0.05) is 12.1 Å². The minimum Gasteiger partial charge on any atom is -0.377 e. The highest BCUT2D eigenvalue weighted by Crippen LogP contribution is 2.18. The van der Waals surface area contributed by atoms with Gasteiger partial charge in [0.15, 0.2) is 5.96 Å². The Balaban J connectivity index is 0.00000450. The van der Waals surface area contributed by atoms with Gasteiger partial charge in [-0.3, -0.25) is 0 Å². The number of hydrogen-bond acceptors (Lipinski definition) is 4. The maximum atomic E-state index is 12.3. The van der Waals surface area contributed by atoms with Gasteiger partial charge in [0.25, 0.3) is 0 Å². The molecule has 0 aliphatic carbocycles. The molecule has 0 aromatic heterocycles. The molecular weight excluding hydrogens is 536 g/mol. The molecule has 1 heterocycles. The summed E-state index contributed by atoms with van der Waals surface area (Å²) in [6, 6.07) is 6.21. The molecule has 12 heteroatoms. The fourth-order valence-corrected chi connectivity index (χ4v) is 3.77. The Morgan fingerprint density at radius 2 is 1.93 bits per heavy atom. The number of aliphatic imine (C=N–C) groups is 1. The van der Waals surface area contributed by atoms with Crippen molar-refractivity contribution in [2.45, 2.75) is 49.9 Å². The van der Waals surface area contributed by atoms with Crippen LogP contribution in [0, 0.1) is 0 Å². The first-order valence-corrected chi connectivity index (χ1v) is 11.0. The van der Waals surface area contributed by atoms with Gasteiger partial charge >= 0.3 is 6.18 Å². The highest BCUT2D eigenvalue weighted by molar-refractivity contribution is 14.0. The molecule has 7 nitrogen and oxygen atoms in total. The van der Waals surface area contributed by atoms with E-state index in [2.05, 4.69) is 20.3 Å². The van der Waals surface area contributed by atoms with E-state index in [1.165, 1.54) is 12.1 Å². The summed E-state index contributed by atoms with van der Waals surface area (Å²) in [7, 11) is -3.63. The van der Waals surface area contributed by atoms with Crippen molar-refractivity contribution in [2.24, 2.45) is 4.99 Å². The summed E-state index contributed by atoms with van der Waals surface area (Å²) in [5, 5.41) is 5.50. The summed E-state index contributed by atoms with van der Waals surface area (Å²) >= 11 is 0. The van der Waals surface area contributed by atoms with Crippen LogP contribution in [0.4, 0.5) is 13.2 Å². The summed E-state index contributed by atoms with van der Waals surface area (Å²) in [5.74, 6) is 0.270. The Morgan fingerprint density at radius 3 is 2.50 bits per heavy atom. The number of hydrogen-bond donors (Lipinski definition) is 3. The van der Waals surface area contributed by atoms with Crippen molar-refractivity contribution in [2.75, 3.05) is 26.2 Å². The molecule has 1 aliphatic rings. The third kappa shape index (κ3) is 9.79. The van der Waals surface area contributed by atoms with Crippen LogP contribution < -0.4 is 15.4 Å². The standard InChI is InChI=1S/C18H27F3N4O3S.HI/c1-2-22-17(23-10-9-18(19,20)21)24-12-14-5-7-16(8-6-14)29(26,27)25-13-15-4-3-11-28-15;/h5-8,15,25H,2-4,9-13H2,1H3,(H2,22,23,24);1H. The Labute approximate surface area is 192 Å². The Morgan fingerprint density at radius 1 is 1.23 bits per heavy atom. The summed E-state index contributed by atoms with van der Waals surface area (Å²) in [5.41, 5.74) is 0.733. The van der Waals surface area contributed by atoms with Crippen molar-refractivity contribution in [3.8, 4) is 0 Å². The normalized spacial score (nSPS) is 17.5. The topological polar surface area (TPSA) is 91.8 Å². The van der Waals surface area contributed by atoms with Crippen LogP contribution >= 0.6 is 24.0 Å². The third-order valence-corrected chi connectivity index (χ3v) is 5.66. The molecule has 1 aliphatic heterocycles. The van der Waals surface area contributed by atoms with Crippen molar-refractivity contribution in [1.82, 2.24) is 15.4 Å². The van der Waals surface area contributed by atoms with Gasteiger partial charge in [0.1, 0.15) is 0 Å². The second-order valence-corrected chi connectivity index (χ2v) is 8.38. The fourth-order valence-electron chi connectivity index (χ4n) is 2.70. The molecule has 2 rings (SSSR count). The summed E-state index contributed by atoms with van der Waals surface area (Å²) in [4.78, 5) is 4.37. The Bertz CT molecular complexity index is 768. The van der Waals surface area contributed by atoms with Crippen LogP contribution in [0.1, 0.15) is 31.7 Å². The molecule has 1 aromatic carbocycles. The highest BCUT2D eigenvalue weighted by atomic mass is 127. The Hall–Kier alpha value is -1.12. The van der Waals surface area contributed by atoms with E-state index in [-0.39, 0.29) is 60.6 Å². The van der Waals surface area contributed by atoms with Gasteiger partial charge in [-0.15, -0.1) is 24.0 Å². The molecular formula is C18H28F3IN4O3S. The maximum Gasteiger partial charge on any atom is 0.390 e. The van der Waals surface area contributed by atoms with E-state index in [9.17, 15) is 21.6 Å². The predicted molar refractivity (Wildman–Crippen MR) is 120 cm³/mol. The molecule has 0 amide bonds. The van der Waals surface area contributed by atoms with Gasteiger partial charge in [-0.05, 0) is 37.5 Å². The molecule has 172 valence electrons. The van der Waals surface area contributed by atoms with E-state index in [0.29, 0.717) is 13.2 Å². The van der Waals surface area contributed by atoms with Crippen LogP contribution in [-0.4, -0.2) is 52.9 Å². The molecule has 0 spiro atoms. The lowest BCUT2D eigenvalue weighted by Gasteiger charge is -2.13. The molecule has 1 atom stereocenters. The molecule has 1 aromatic rings. The Kier molecular flexibility index (Phi) is 11.4. The van der Waals surface area contributed by atoms with E-state index in [0.717, 1.165) is 18.4 Å². The molecule has 1 fully saturated rings. The second-order valence-electron chi connectivity index (χ2n) is 6.62. The maximum absolute atomic E-state index is 12.3. The number of alkyl halides is 3. The predicted octanol–water partition coefficient (Wildman–Crippen LogP) is 2.77. The van der Waals surface area contributed by atoms with Gasteiger partial charge in [0.2, 0.25) is 10.0 Å². The van der Waals surface area contributed by atoms with Crippen molar-refractivity contribution in [1.29, 1.82) is 0 Å². The van der Waals surface area contributed by atoms with Gasteiger partial charge in [-0.25, -0.2) is 18.1 Å². The molecule has 3 N–H and O–H groups in total. The average Bonchev–Trinajstić information content (AvgIpc) is 3.18. The zero-order chi connectivity index (χ0) is 21.3. The highest BCUT2D eigenvalue weighted by Gasteiger charge is 2.26. The van der Waals surface area contributed by atoms with Crippen LogP contribution in [0.2, 0.25) is 0 Å². The van der Waals surface area contributed by atoms with Gasteiger partial charge < -0.3 is 15.4 Å². The van der Waals surface area contributed by atoms with Gasteiger partial charge in [0.05, 0.1) is 24.0 Å². The van der Waals surface area contributed by atoms with Crippen molar-refractivity contribution in [3.05, 3.63) is 29.8 Å². The zero-order valence-corrected chi connectivity index (χ0v) is 19.8. The molecule has 1 saturated heterocycles. The van der Waals surface area contributed by atoms with Crippen LogP contribution in [0.5, 0.6) is 0 Å². The monoisotopic (exact) mass is 564 g/mol. The number of nitrogens with one attached hydrogen (secondary N) is 3. The third-order valence-electron chi connectivity index (χ3n) is 4.22. The lowest BCUT2D eigenvalue weighted by Crippen LogP contribution is -2.38. The minimum atomic E-state index is -4.23. The van der Waals surface area contributed by atoms with Crippen molar-refractivity contribution >= 4 is 40.0 Å². The lowest BCUT2D eigenvalue weighted by atomic mass is 10.2. The average molecular weight is 564 g/mol. The number of nitrogens with zero attached hydrogens (tertiary/aromatic N) is 1. The van der Waals surface area contributed by atoms with Crippen molar-refractivity contribution < 1.29 is 26.3 Å². The molecule has 1 unspecified atom stereocenters. The number of benzene rings is 1. The first-order chi connectivity index (χ1) is 13.7. The lowest BCUT2D eigenvalue weighted by molar-refractivity contribution is -0.132. The van der Waals surface area contributed by atoms with Crippen LogP contribution in [0.15, 0.2) is 34.2 Å². The molecule has 0 radical (unpaired) electrons. The molecule has 30 heavy (non-hydrogen) atoms. The fraction of sp³-hybridized carbons (Fsp3) is 0.611. The van der Waals surface area contributed by atoms with E-state index >= 15 is 0 Å². The second kappa shape index (κ2) is 12.7. The van der Waals surface area contributed by atoms with E-state index in [1.54, 1.807) is 12.1 Å². The summed E-state index contributed by atoms with van der Waals surface area (Å²) in [6.07, 6.45) is -3.51. The SMILES string of the molecule is CCNC(=NCc1ccc(S(=O)(=O)NCC2CCCO2)cc1)NCCC(F)(F)F.I. The van der Waals surface area contributed by atoms with Crippen LogP contribution in [0.25, 0.3) is 0 Å². The minimum absolute atomic E-state index is 0. The summed E-state index contributed by atoms with van der Waals surface area (Å²) < 4.78 is 69.4. The van der Waals surface area contributed by atoms with Crippen LogP contribution in [0.3, 0.4) is 0 Å². The number of guanidine groups is 1.